The highest BCUT2D eigenvalue weighted by atomic mass is 19.4. The number of hydrogen-bond acceptors (Lipinski definition) is 4. The first kappa shape index (κ1) is 18.9. The predicted octanol–water partition coefficient (Wildman–Crippen LogP) is 1.47. The third-order valence-electron chi connectivity index (χ3n) is 2.65. The molecule has 0 aliphatic heterocycles. The number of hydrogen-bond donors (Lipinski definition) is 2. The number of amides is 2. The van der Waals surface area contributed by atoms with E-state index in [-0.39, 0.29) is 19.8 Å². The lowest BCUT2D eigenvalue weighted by molar-refractivity contribution is -0.173. The fourth-order valence-electron chi connectivity index (χ4n) is 1.57. The van der Waals surface area contributed by atoms with E-state index in [1.54, 1.807) is 17.4 Å². The molecule has 0 heterocycles. The molecular formula is C14H17F3N2O4. The van der Waals surface area contributed by atoms with Crippen LogP contribution in [0.1, 0.15) is 5.56 Å². The zero-order valence-corrected chi connectivity index (χ0v) is 12.4. The molecule has 0 bridgehead atoms. The van der Waals surface area contributed by atoms with Crippen molar-refractivity contribution in [2.24, 2.45) is 0 Å². The molecule has 0 unspecified atom stereocenters. The van der Waals surface area contributed by atoms with Crippen LogP contribution in [0.4, 0.5) is 18.9 Å². The van der Waals surface area contributed by atoms with Gasteiger partial charge in [0.15, 0.2) is 0 Å². The van der Waals surface area contributed by atoms with Crippen molar-refractivity contribution in [3.8, 4) is 0 Å². The van der Waals surface area contributed by atoms with Crippen molar-refractivity contribution < 1.29 is 32.2 Å². The van der Waals surface area contributed by atoms with Gasteiger partial charge in [0.25, 0.3) is 0 Å². The van der Waals surface area contributed by atoms with Crippen LogP contribution in [0.2, 0.25) is 0 Å². The highest BCUT2D eigenvalue weighted by molar-refractivity contribution is 5.92. The average Bonchev–Trinajstić information content (AvgIpc) is 2.49. The number of carbonyl (C=O) groups excluding carboxylic acids is 2. The lowest BCUT2D eigenvalue weighted by Gasteiger charge is -2.13. The van der Waals surface area contributed by atoms with Crippen molar-refractivity contribution in [2.75, 3.05) is 32.2 Å². The minimum Gasteiger partial charge on any atom is -0.382 e. The topological polar surface area (TPSA) is 76.7 Å². The van der Waals surface area contributed by atoms with Gasteiger partial charge in [-0.3, -0.25) is 9.59 Å². The number of carbonyl (C=O) groups is 2. The van der Waals surface area contributed by atoms with Crippen molar-refractivity contribution in [3.05, 3.63) is 29.8 Å². The third kappa shape index (κ3) is 7.11. The fraction of sp³-hybridized carbons (Fsp3) is 0.429. The molecule has 0 radical (unpaired) electrons. The molecule has 0 aliphatic carbocycles. The van der Waals surface area contributed by atoms with Crippen LogP contribution in [0.25, 0.3) is 0 Å². The van der Waals surface area contributed by atoms with E-state index in [9.17, 15) is 22.8 Å². The van der Waals surface area contributed by atoms with Gasteiger partial charge in [-0.1, -0.05) is 18.2 Å². The monoisotopic (exact) mass is 334 g/mol. The van der Waals surface area contributed by atoms with Crippen LogP contribution in [-0.4, -0.2) is 44.9 Å². The smallest absolute Gasteiger partial charge is 0.382 e. The minimum atomic E-state index is -4.95. The van der Waals surface area contributed by atoms with E-state index >= 15 is 0 Å². The van der Waals surface area contributed by atoms with Gasteiger partial charge in [0.2, 0.25) is 5.91 Å². The van der Waals surface area contributed by atoms with Crippen molar-refractivity contribution in [1.29, 1.82) is 0 Å². The van der Waals surface area contributed by atoms with Gasteiger partial charge in [0.1, 0.15) is 6.61 Å². The molecule has 1 rings (SSSR count). The number of alkyl halides is 3. The molecule has 6 nitrogen and oxygen atoms in total. The van der Waals surface area contributed by atoms with E-state index in [0.29, 0.717) is 17.9 Å². The summed E-state index contributed by atoms with van der Waals surface area (Å²) < 4.78 is 46.3. The highest BCUT2D eigenvalue weighted by Gasteiger charge is 2.38. The highest BCUT2D eigenvalue weighted by Crippen LogP contribution is 2.17. The van der Waals surface area contributed by atoms with Gasteiger partial charge >= 0.3 is 12.1 Å². The van der Waals surface area contributed by atoms with Crippen LogP contribution in [0.15, 0.2) is 24.3 Å². The maximum atomic E-state index is 12.2. The Bertz CT molecular complexity index is 535. The van der Waals surface area contributed by atoms with Crippen LogP contribution in [-0.2, 0) is 25.6 Å². The van der Waals surface area contributed by atoms with E-state index in [1.807, 2.05) is 0 Å². The first-order valence-corrected chi connectivity index (χ1v) is 6.64. The normalized spacial score (nSPS) is 11.1. The Morgan fingerprint density at radius 2 is 1.87 bits per heavy atom. The minimum absolute atomic E-state index is 0.216. The Morgan fingerprint density at radius 3 is 2.52 bits per heavy atom. The maximum Gasteiger partial charge on any atom is 0.471 e. The molecule has 0 saturated carbocycles. The molecule has 1 aromatic rings. The summed E-state index contributed by atoms with van der Waals surface area (Å²) in [4.78, 5) is 22.5. The number of rotatable bonds is 8. The van der Waals surface area contributed by atoms with Gasteiger partial charge < -0.3 is 20.1 Å². The molecule has 0 atom stereocenters. The first-order chi connectivity index (χ1) is 10.8. The number of halogens is 3. The van der Waals surface area contributed by atoms with Crippen molar-refractivity contribution in [1.82, 2.24) is 5.32 Å². The summed E-state index contributed by atoms with van der Waals surface area (Å²) in [6.07, 6.45) is -4.95. The van der Waals surface area contributed by atoms with E-state index in [1.165, 1.54) is 19.2 Å². The summed E-state index contributed by atoms with van der Waals surface area (Å²) in [6.45, 7) is 0.00643. The summed E-state index contributed by atoms with van der Waals surface area (Å²) in [6, 6.07) is 6.20. The zero-order valence-electron chi connectivity index (χ0n) is 12.4. The number of para-hydroxylation sites is 1. The molecule has 23 heavy (non-hydrogen) atoms. The van der Waals surface area contributed by atoms with Gasteiger partial charge in [-0.05, 0) is 11.6 Å². The second-order valence-corrected chi connectivity index (χ2v) is 4.43. The molecule has 9 heteroatoms. The average molecular weight is 334 g/mol. The fourth-order valence-corrected chi connectivity index (χ4v) is 1.57. The van der Waals surface area contributed by atoms with Crippen molar-refractivity contribution >= 4 is 17.5 Å². The van der Waals surface area contributed by atoms with Gasteiger partial charge in [-0.15, -0.1) is 0 Å². The second kappa shape index (κ2) is 9.11. The van der Waals surface area contributed by atoms with Crippen LogP contribution >= 0.6 is 0 Å². The third-order valence-corrected chi connectivity index (χ3v) is 2.65. The number of anilines is 1. The summed E-state index contributed by atoms with van der Waals surface area (Å²) in [5.41, 5.74) is 0.644. The summed E-state index contributed by atoms with van der Waals surface area (Å²) in [5, 5.41) is 4.26. The van der Waals surface area contributed by atoms with Crippen LogP contribution < -0.4 is 10.6 Å². The van der Waals surface area contributed by atoms with Gasteiger partial charge in [0, 0.05) is 19.3 Å². The van der Waals surface area contributed by atoms with E-state index in [4.69, 9.17) is 9.47 Å². The van der Waals surface area contributed by atoms with E-state index in [0.717, 1.165) is 0 Å². The first-order valence-electron chi connectivity index (χ1n) is 6.64. The standard InChI is InChI=1S/C14H17F3N2O4/c1-22-6-7-23-9-12(20)19-11-5-3-2-4-10(11)8-18-13(21)14(15,16)17/h2-5H,6-9H2,1H3,(H,18,21)(H,19,20). The maximum absolute atomic E-state index is 12.2. The van der Waals surface area contributed by atoms with Crippen molar-refractivity contribution in [3.63, 3.8) is 0 Å². The van der Waals surface area contributed by atoms with Gasteiger partial charge in [-0.2, -0.15) is 13.2 Å². The van der Waals surface area contributed by atoms with E-state index < -0.39 is 18.0 Å². The zero-order chi connectivity index (χ0) is 17.3. The summed E-state index contributed by atoms with van der Waals surface area (Å²) >= 11 is 0. The SMILES string of the molecule is COCCOCC(=O)Nc1ccccc1CNC(=O)C(F)(F)F. The van der Waals surface area contributed by atoms with Gasteiger partial charge in [0.05, 0.1) is 13.2 Å². The molecule has 0 aliphatic rings. The molecular weight excluding hydrogens is 317 g/mol. The van der Waals surface area contributed by atoms with Crippen LogP contribution in [0.3, 0.4) is 0 Å². The summed E-state index contributed by atoms with van der Waals surface area (Å²) in [7, 11) is 1.49. The number of ether oxygens (including phenoxy) is 2. The molecule has 2 amide bonds. The molecule has 0 aromatic heterocycles. The quantitative estimate of drug-likeness (QED) is 0.706. The van der Waals surface area contributed by atoms with E-state index in [2.05, 4.69) is 5.32 Å². The van der Waals surface area contributed by atoms with Gasteiger partial charge in [-0.25, -0.2) is 0 Å². The molecule has 0 fully saturated rings. The number of methoxy groups -OCH3 is 1. The van der Waals surface area contributed by atoms with Crippen LogP contribution in [0, 0.1) is 0 Å². The van der Waals surface area contributed by atoms with Crippen LogP contribution in [0.5, 0.6) is 0 Å². The molecule has 0 spiro atoms. The molecule has 1 aromatic carbocycles. The Labute approximate surface area is 130 Å². The Kier molecular flexibility index (Phi) is 7.49. The lowest BCUT2D eigenvalue weighted by Crippen LogP contribution is -2.36. The lowest BCUT2D eigenvalue weighted by atomic mass is 10.1. The molecule has 0 saturated heterocycles. The second-order valence-electron chi connectivity index (χ2n) is 4.43. The largest absolute Gasteiger partial charge is 0.471 e. The number of benzene rings is 1. The molecule has 2 N–H and O–H groups in total. The van der Waals surface area contributed by atoms with Crippen molar-refractivity contribution in [2.45, 2.75) is 12.7 Å². The Hall–Kier alpha value is -2.13. The Balaban J connectivity index is 2.56. The molecule has 128 valence electrons. The number of nitrogens with one attached hydrogen (secondary N) is 2. The Morgan fingerprint density at radius 1 is 1.17 bits per heavy atom. The predicted molar refractivity (Wildman–Crippen MR) is 75.7 cm³/mol. The summed E-state index contributed by atoms with van der Waals surface area (Å²) in [5.74, 6) is -2.50.